The molecule has 0 bridgehead atoms. The Balaban J connectivity index is 1.97. The summed E-state index contributed by atoms with van der Waals surface area (Å²) in [6, 6.07) is 1.22. The number of piperidine rings is 1. The van der Waals surface area contributed by atoms with Gasteiger partial charge in [0.05, 0.1) is 11.9 Å². The number of aromatic amines is 1. The molecule has 0 saturated carbocycles. The largest absolute Gasteiger partial charge is 0.379 e. The molecule has 4 heteroatoms. The predicted molar refractivity (Wildman–Crippen MR) is 61.9 cm³/mol. The van der Waals surface area contributed by atoms with Crippen molar-refractivity contribution < 1.29 is 0 Å². The molecule has 0 aliphatic carbocycles. The zero-order valence-corrected chi connectivity index (χ0v) is 9.70. The molecule has 0 radical (unpaired) electrons. The molecule has 2 rings (SSSR count). The fourth-order valence-corrected chi connectivity index (χ4v) is 2.29. The summed E-state index contributed by atoms with van der Waals surface area (Å²) in [5, 5.41) is 10.3. The summed E-state index contributed by atoms with van der Waals surface area (Å²) in [7, 11) is 2.20. The molecule has 1 saturated heterocycles. The van der Waals surface area contributed by atoms with Gasteiger partial charge in [0.25, 0.3) is 0 Å². The van der Waals surface area contributed by atoms with Gasteiger partial charge >= 0.3 is 0 Å². The van der Waals surface area contributed by atoms with Gasteiger partial charge in [-0.3, -0.25) is 5.10 Å². The third-order valence-corrected chi connectivity index (χ3v) is 3.46. The molecular formula is C11H20N4. The van der Waals surface area contributed by atoms with Crippen LogP contribution in [0.15, 0.2) is 12.4 Å². The minimum atomic E-state index is 0.564. The van der Waals surface area contributed by atoms with Crippen LogP contribution in [0.3, 0.4) is 0 Å². The molecule has 1 aromatic rings. The van der Waals surface area contributed by atoms with Crippen LogP contribution in [-0.2, 0) is 0 Å². The smallest absolute Gasteiger partial charge is 0.0726 e. The van der Waals surface area contributed by atoms with Crippen molar-refractivity contribution in [1.82, 2.24) is 15.1 Å². The number of H-pyrrole nitrogens is 1. The Morgan fingerprint density at radius 3 is 3.00 bits per heavy atom. The lowest BCUT2D eigenvalue weighted by atomic mass is 9.90. The van der Waals surface area contributed by atoms with Crippen LogP contribution in [0.5, 0.6) is 0 Å². The summed E-state index contributed by atoms with van der Waals surface area (Å²) >= 11 is 0. The van der Waals surface area contributed by atoms with Crippen LogP contribution >= 0.6 is 0 Å². The molecule has 0 spiro atoms. The minimum Gasteiger partial charge on any atom is -0.379 e. The predicted octanol–water partition coefficient (Wildman–Crippen LogP) is 1.55. The lowest BCUT2D eigenvalue weighted by molar-refractivity contribution is 0.145. The third-order valence-electron chi connectivity index (χ3n) is 3.46. The molecule has 1 fully saturated rings. The SMILES string of the molecule is CC1CN(C)C(C)CC1Nc1cn[nH]c1. The molecule has 4 nitrogen and oxygen atoms in total. The van der Waals surface area contributed by atoms with E-state index in [0.717, 1.165) is 12.2 Å². The molecule has 1 aliphatic rings. The van der Waals surface area contributed by atoms with Gasteiger partial charge in [-0.15, -0.1) is 0 Å². The van der Waals surface area contributed by atoms with Gasteiger partial charge in [0, 0.05) is 24.8 Å². The van der Waals surface area contributed by atoms with Gasteiger partial charge in [-0.2, -0.15) is 5.10 Å². The highest BCUT2D eigenvalue weighted by molar-refractivity contribution is 5.39. The van der Waals surface area contributed by atoms with Gasteiger partial charge in [-0.1, -0.05) is 6.92 Å². The van der Waals surface area contributed by atoms with Crippen molar-refractivity contribution in [1.29, 1.82) is 0 Å². The molecular weight excluding hydrogens is 188 g/mol. The van der Waals surface area contributed by atoms with Crippen LogP contribution < -0.4 is 5.32 Å². The maximum absolute atomic E-state index is 3.95. The standard InChI is InChI=1S/C11H20N4/c1-8-7-15(3)9(2)4-11(8)14-10-5-12-13-6-10/h5-6,8-9,11,14H,4,7H2,1-3H3,(H,12,13). The maximum Gasteiger partial charge on any atom is 0.0726 e. The average Bonchev–Trinajstić information content (AvgIpc) is 2.67. The topological polar surface area (TPSA) is 44.0 Å². The number of hydrogen-bond donors (Lipinski definition) is 2. The quantitative estimate of drug-likeness (QED) is 0.775. The van der Waals surface area contributed by atoms with Crippen molar-refractivity contribution in [2.24, 2.45) is 5.92 Å². The molecule has 1 aliphatic heterocycles. The number of nitrogens with zero attached hydrogens (tertiary/aromatic N) is 2. The Labute approximate surface area is 91.1 Å². The second kappa shape index (κ2) is 4.23. The maximum atomic E-state index is 3.95. The second-order valence-electron chi connectivity index (χ2n) is 4.74. The first-order chi connectivity index (χ1) is 7.16. The number of hydrogen-bond acceptors (Lipinski definition) is 3. The van der Waals surface area contributed by atoms with Gasteiger partial charge in [0.15, 0.2) is 0 Å². The summed E-state index contributed by atoms with van der Waals surface area (Å²) < 4.78 is 0. The summed E-state index contributed by atoms with van der Waals surface area (Å²) in [5.74, 6) is 0.682. The molecule has 3 atom stereocenters. The fourth-order valence-electron chi connectivity index (χ4n) is 2.29. The first-order valence-corrected chi connectivity index (χ1v) is 5.62. The molecule has 0 amide bonds. The van der Waals surface area contributed by atoms with E-state index in [2.05, 4.69) is 41.3 Å². The van der Waals surface area contributed by atoms with Gasteiger partial charge in [-0.25, -0.2) is 0 Å². The van der Waals surface area contributed by atoms with Gasteiger partial charge in [-0.05, 0) is 26.3 Å². The Kier molecular flexibility index (Phi) is 2.95. The van der Waals surface area contributed by atoms with Crippen LogP contribution in [0.25, 0.3) is 0 Å². The summed E-state index contributed by atoms with van der Waals surface area (Å²) in [5.41, 5.74) is 1.10. The van der Waals surface area contributed by atoms with Crippen molar-refractivity contribution in [3.63, 3.8) is 0 Å². The van der Waals surface area contributed by atoms with E-state index in [-0.39, 0.29) is 0 Å². The molecule has 2 N–H and O–H groups in total. The Hall–Kier alpha value is -1.03. The highest BCUT2D eigenvalue weighted by Crippen LogP contribution is 2.23. The number of aromatic nitrogens is 2. The third kappa shape index (κ3) is 2.31. The Bertz CT molecular complexity index is 296. The average molecular weight is 208 g/mol. The van der Waals surface area contributed by atoms with Crippen LogP contribution in [0.1, 0.15) is 20.3 Å². The summed E-state index contributed by atoms with van der Waals surface area (Å²) in [6.07, 6.45) is 4.95. The second-order valence-corrected chi connectivity index (χ2v) is 4.74. The molecule has 2 heterocycles. The highest BCUT2D eigenvalue weighted by atomic mass is 15.2. The number of likely N-dealkylation sites (tertiary alicyclic amines) is 1. The molecule has 84 valence electrons. The van der Waals surface area contributed by atoms with Crippen molar-refractivity contribution >= 4 is 5.69 Å². The Morgan fingerprint density at radius 1 is 1.53 bits per heavy atom. The number of nitrogens with one attached hydrogen (secondary N) is 2. The minimum absolute atomic E-state index is 0.564. The molecule has 1 aromatic heterocycles. The lowest BCUT2D eigenvalue weighted by Crippen LogP contribution is -2.48. The van der Waals surface area contributed by atoms with Crippen LogP contribution in [0.4, 0.5) is 5.69 Å². The first-order valence-electron chi connectivity index (χ1n) is 5.62. The van der Waals surface area contributed by atoms with Crippen molar-refractivity contribution in [2.45, 2.75) is 32.4 Å². The van der Waals surface area contributed by atoms with Crippen LogP contribution in [0, 0.1) is 5.92 Å². The lowest BCUT2D eigenvalue weighted by Gasteiger charge is -2.40. The first kappa shape index (κ1) is 10.5. The van der Waals surface area contributed by atoms with Gasteiger partial charge in [0.2, 0.25) is 0 Å². The number of anilines is 1. The summed E-state index contributed by atoms with van der Waals surface area (Å²) in [4.78, 5) is 2.43. The van der Waals surface area contributed by atoms with E-state index in [1.807, 2.05) is 12.4 Å². The normalized spacial score (nSPS) is 32.9. The van der Waals surface area contributed by atoms with Crippen molar-refractivity contribution in [3.05, 3.63) is 12.4 Å². The van der Waals surface area contributed by atoms with Gasteiger partial charge in [0.1, 0.15) is 0 Å². The van der Waals surface area contributed by atoms with E-state index in [9.17, 15) is 0 Å². The van der Waals surface area contributed by atoms with Gasteiger partial charge < -0.3 is 10.2 Å². The molecule has 3 unspecified atom stereocenters. The Morgan fingerprint density at radius 2 is 2.33 bits per heavy atom. The molecule has 0 aromatic carbocycles. The number of rotatable bonds is 2. The van der Waals surface area contributed by atoms with E-state index in [0.29, 0.717) is 18.0 Å². The molecule has 15 heavy (non-hydrogen) atoms. The zero-order valence-electron chi connectivity index (χ0n) is 9.70. The fraction of sp³-hybridized carbons (Fsp3) is 0.727. The summed E-state index contributed by atoms with van der Waals surface area (Å²) in [6.45, 7) is 5.76. The highest BCUT2D eigenvalue weighted by Gasteiger charge is 2.28. The van der Waals surface area contributed by atoms with E-state index in [4.69, 9.17) is 0 Å². The van der Waals surface area contributed by atoms with Crippen LogP contribution in [-0.4, -0.2) is 40.8 Å². The van der Waals surface area contributed by atoms with E-state index in [1.165, 1.54) is 6.42 Å². The van der Waals surface area contributed by atoms with E-state index in [1.54, 1.807) is 0 Å². The van der Waals surface area contributed by atoms with E-state index >= 15 is 0 Å². The van der Waals surface area contributed by atoms with Crippen LogP contribution in [0.2, 0.25) is 0 Å². The van der Waals surface area contributed by atoms with E-state index < -0.39 is 0 Å². The monoisotopic (exact) mass is 208 g/mol. The van der Waals surface area contributed by atoms with Crippen molar-refractivity contribution in [3.8, 4) is 0 Å². The van der Waals surface area contributed by atoms with Crippen molar-refractivity contribution in [2.75, 3.05) is 18.9 Å². The zero-order chi connectivity index (χ0) is 10.8.